The van der Waals surface area contributed by atoms with Crippen molar-refractivity contribution in [2.24, 2.45) is 0 Å². The second kappa shape index (κ2) is 4.20. The Bertz CT molecular complexity index is 123. The molecule has 1 aliphatic heterocycles. The second-order valence-electron chi connectivity index (χ2n) is 2.92. The van der Waals surface area contributed by atoms with Crippen molar-refractivity contribution in [3.05, 3.63) is 0 Å². The van der Waals surface area contributed by atoms with Crippen LogP contribution in [0.25, 0.3) is 0 Å². The zero-order chi connectivity index (χ0) is 8.27. The number of nitrogens with zero attached hydrogens (tertiary/aromatic N) is 2. The Morgan fingerprint density at radius 3 is 2.55 bits per heavy atom. The molecule has 1 unspecified atom stereocenters. The van der Waals surface area contributed by atoms with Crippen LogP contribution in [0.5, 0.6) is 0 Å². The van der Waals surface area contributed by atoms with Crippen molar-refractivity contribution in [1.29, 1.82) is 0 Å². The van der Waals surface area contributed by atoms with Crippen molar-refractivity contribution in [2.75, 3.05) is 20.2 Å². The summed E-state index contributed by atoms with van der Waals surface area (Å²) in [6, 6.07) is 0. The Morgan fingerprint density at radius 1 is 1.36 bits per heavy atom. The smallest absolute Gasteiger partial charge is 0.179 e. The first kappa shape index (κ1) is 9.19. The summed E-state index contributed by atoms with van der Waals surface area (Å²) >= 11 is 0. The molecule has 0 aliphatic carbocycles. The lowest BCUT2D eigenvalue weighted by Crippen LogP contribution is -2.67. The average Bonchev–Trinajstić information content (AvgIpc) is 1.98. The monoisotopic (exact) mass is 174 g/mol. The maximum Gasteiger partial charge on any atom is 0.179 e. The van der Waals surface area contributed by atoms with Gasteiger partial charge in [0.1, 0.15) is 0 Å². The molecule has 1 heterocycles. The van der Waals surface area contributed by atoms with Gasteiger partial charge in [0.05, 0.1) is 0 Å². The fourth-order valence-electron chi connectivity index (χ4n) is 1.53. The third-order valence-electron chi connectivity index (χ3n) is 2.12. The molecular formula is C7H18N2OSi. The van der Waals surface area contributed by atoms with Crippen molar-refractivity contribution in [3.63, 3.8) is 0 Å². The minimum Gasteiger partial charge on any atom is -0.354 e. The fourth-order valence-corrected chi connectivity index (χ4v) is 3.39. The summed E-state index contributed by atoms with van der Waals surface area (Å²) in [4.78, 5) is 0. The highest BCUT2D eigenvalue weighted by molar-refractivity contribution is 6.31. The van der Waals surface area contributed by atoms with Gasteiger partial charge in [0, 0.05) is 7.11 Å². The molecule has 0 aromatic heterocycles. The van der Waals surface area contributed by atoms with Crippen molar-refractivity contribution in [1.82, 2.24) is 9.13 Å². The van der Waals surface area contributed by atoms with Gasteiger partial charge >= 0.3 is 0 Å². The highest BCUT2D eigenvalue weighted by atomic mass is 28.2. The van der Waals surface area contributed by atoms with Gasteiger partial charge in [-0.25, -0.2) is 0 Å². The van der Waals surface area contributed by atoms with Gasteiger partial charge in [-0.05, 0) is 19.5 Å². The van der Waals surface area contributed by atoms with E-state index in [2.05, 4.69) is 23.0 Å². The number of hydrogen-bond acceptors (Lipinski definition) is 3. The molecule has 1 atom stereocenters. The Hall–Kier alpha value is 0.0969. The minimum atomic E-state index is -0.0949. The quantitative estimate of drug-likeness (QED) is 0.556. The molecule has 0 radical (unpaired) electrons. The van der Waals surface area contributed by atoms with Crippen molar-refractivity contribution in [2.45, 2.75) is 26.6 Å². The number of methoxy groups -OCH3 is 1. The minimum absolute atomic E-state index is 0.0949. The summed E-state index contributed by atoms with van der Waals surface area (Å²) in [5.41, 5.74) is 0. The molecule has 4 heteroatoms. The SMILES string of the molecule is CCCN1[SiH2]N(CC)C1OC. The van der Waals surface area contributed by atoms with Gasteiger partial charge in [-0.3, -0.25) is 9.13 Å². The molecule has 66 valence electrons. The molecule has 0 spiro atoms. The zero-order valence-electron chi connectivity index (χ0n) is 7.71. The molecule has 1 saturated heterocycles. The summed E-state index contributed by atoms with van der Waals surface area (Å²) in [7, 11) is 1.70. The third kappa shape index (κ3) is 1.82. The lowest BCUT2D eigenvalue weighted by molar-refractivity contribution is -0.111. The van der Waals surface area contributed by atoms with Crippen molar-refractivity contribution >= 4 is 9.84 Å². The summed E-state index contributed by atoms with van der Waals surface area (Å²) in [5, 5.41) is 0. The fraction of sp³-hybridized carbons (Fsp3) is 1.00. The molecule has 0 saturated carbocycles. The van der Waals surface area contributed by atoms with Crippen LogP contribution in [0.4, 0.5) is 0 Å². The summed E-state index contributed by atoms with van der Waals surface area (Å²) in [6.45, 7) is 6.77. The normalized spacial score (nSPS) is 29.2. The maximum absolute atomic E-state index is 5.34. The first-order chi connectivity index (χ1) is 5.33. The van der Waals surface area contributed by atoms with E-state index >= 15 is 0 Å². The van der Waals surface area contributed by atoms with Gasteiger partial charge in [0.2, 0.25) is 0 Å². The van der Waals surface area contributed by atoms with E-state index in [0.717, 1.165) is 6.54 Å². The Morgan fingerprint density at radius 2 is 2.09 bits per heavy atom. The van der Waals surface area contributed by atoms with Gasteiger partial charge in [0.25, 0.3) is 0 Å². The molecule has 0 aromatic rings. The van der Waals surface area contributed by atoms with E-state index in [1.165, 1.54) is 13.0 Å². The van der Waals surface area contributed by atoms with Crippen LogP contribution < -0.4 is 0 Å². The van der Waals surface area contributed by atoms with E-state index in [1.807, 2.05) is 0 Å². The van der Waals surface area contributed by atoms with Gasteiger partial charge in [-0.15, -0.1) is 0 Å². The Kier molecular flexibility index (Phi) is 3.51. The van der Waals surface area contributed by atoms with Gasteiger partial charge in [-0.2, -0.15) is 0 Å². The largest absolute Gasteiger partial charge is 0.354 e. The van der Waals surface area contributed by atoms with E-state index in [4.69, 9.17) is 4.74 Å². The first-order valence-electron chi connectivity index (χ1n) is 4.34. The van der Waals surface area contributed by atoms with Gasteiger partial charge in [-0.1, -0.05) is 13.8 Å². The zero-order valence-corrected chi connectivity index (χ0v) is 9.12. The Balaban J connectivity index is 2.27. The Labute approximate surface area is 71.3 Å². The standard InChI is InChI=1S/C7H18N2OSi/c1-4-6-9-7(10-3)8(5-2)11-9/h7H,4-6,11H2,1-3H3. The van der Waals surface area contributed by atoms with E-state index in [-0.39, 0.29) is 9.84 Å². The highest BCUT2D eigenvalue weighted by Gasteiger charge is 2.34. The number of rotatable bonds is 4. The summed E-state index contributed by atoms with van der Waals surface area (Å²) in [6.07, 6.45) is 1.55. The van der Waals surface area contributed by atoms with Gasteiger partial charge < -0.3 is 4.74 Å². The topological polar surface area (TPSA) is 15.7 Å². The molecular weight excluding hydrogens is 156 g/mol. The molecule has 1 rings (SSSR count). The summed E-state index contributed by atoms with van der Waals surface area (Å²) in [5.74, 6) is 0. The number of hydrogen-bond donors (Lipinski definition) is 0. The van der Waals surface area contributed by atoms with Crippen LogP contribution in [0.15, 0.2) is 0 Å². The summed E-state index contributed by atoms with van der Waals surface area (Å²) < 4.78 is 10.3. The van der Waals surface area contributed by atoms with Gasteiger partial charge in [0.15, 0.2) is 16.2 Å². The third-order valence-corrected chi connectivity index (χ3v) is 4.23. The predicted molar refractivity (Wildman–Crippen MR) is 48.7 cm³/mol. The van der Waals surface area contributed by atoms with Crippen LogP contribution >= 0.6 is 0 Å². The van der Waals surface area contributed by atoms with Crippen molar-refractivity contribution < 1.29 is 4.74 Å². The average molecular weight is 174 g/mol. The maximum atomic E-state index is 5.34. The van der Waals surface area contributed by atoms with E-state index in [9.17, 15) is 0 Å². The molecule has 0 N–H and O–H groups in total. The van der Waals surface area contributed by atoms with Crippen LogP contribution in [-0.4, -0.2) is 45.5 Å². The van der Waals surface area contributed by atoms with Crippen LogP contribution in [0.1, 0.15) is 20.3 Å². The molecule has 1 fully saturated rings. The second-order valence-corrected chi connectivity index (χ2v) is 4.83. The molecule has 0 aromatic carbocycles. The molecule has 0 bridgehead atoms. The van der Waals surface area contributed by atoms with Crippen LogP contribution in [0.2, 0.25) is 0 Å². The first-order valence-corrected chi connectivity index (χ1v) is 5.60. The molecule has 3 nitrogen and oxygen atoms in total. The molecule has 11 heavy (non-hydrogen) atoms. The molecule has 0 amide bonds. The number of ether oxygens (including phenoxy) is 1. The predicted octanol–water partition coefficient (Wildman–Crippen LogP) is -0.0373. The van der Waals surface area contributed by atoms with E-state index < -0.39 is 0 Å². The lowest BCUT2D eigenvalue weighted by Gasteiger charge is -2.49. The van der Waals surface area contributed by atoms with Crippen LogP contribution in [-0.2, 0) is 4.74 Å². The lowest BCUT2D eigenvalue weighted by atomic mass is 10.5. The van der Waals surface area contributed by atoms with E-state index in [1.54, 1.807) is 7.11 Å². The van der Waals surface area contributed by atoms with E-state index in [0.29, 0.717) is 6.35 Å². The van der Waals surface area contributed by atoms with Crippen LogP contribution in [0.3, 0.4) is 0 Å². The van der Waals surface area contributed by atoms with Crippen LogP contribution in [0, 0.1) is 0 Å². The highest BCUT2D eigenvalue weighted by Crippen LogP contribution is 2.16. The molecule has 1 aliphatic rings. The van der Waals surface area contributed by atoms with Crippen molar-refractivity contribution in [3.8, 4) is 0 Å².